The third kappa shape index (κ3) is 3.17. The van der Waals surface area contributed by atoms with Gasteiger partial charge in [0.25, 0.3) is 0 Å². The number of sulfonamides is 1. The molecule has 0 saturated carbocycles. The van der Waals surface area contributed by atoms with Gasteiger partial charge in [-0.05, 0) is 42.7 Å². The Morgan fingerprint density at radius 2 is 1.86 bits per heavy atom. The maximum absolute atomic E-state index is 12.4. The van der Waals surface area contributed by atoms with E-state index in [1.165, 1.54) is 15.4 Å². The lowest BCUT2D eigenvalue weighted by atomic mass is 10.0. The van der Waals surface area contributed by atoms with Gasteiger partial charge in [0.05, 0.1) is 11.7 Å². The van der Waals surface area contributed by atoms with Crippen LogP contribution in [-0.4, -0.2) is 42.6 Å². The number of hydrogen-bond donors (Lipinski definition) is 1. The molecule has 22 heavy (non-hydrogen) atoms. The van der Waals surface area contributed by atoms with Crippen molar-refractivity contribution >= 4 is 16.0 Å². The van der Waals surface area contributed by atoms with Gasteiger partial charge in [-0.3, -0.25) is 4.79 Å². The summed E-state index contributed by atoms with van der Waals surface area (Å²) in [7, 11) is -3.33. The molecule has 0 spiro atoms. The molecule has 1 fully saturated rings. The minimum Gasteiger partial charge on any atom is -0.481 e. The molecule has 5 nitrogen and oxygen atoms in total. The number of rotatable bonds is 5. The molecule has 1 N–H and O–H groups in total. The second-order valence-electron chi connectivity index (χ2n) is 6.33. The predicted molar refractivity (Wildman–Crippen MR) is 83.1 cm³/mol. The monoisotopic (exact) mass is 323 g/mol. The van der Waals surface area contributed by atoms with Crippen molar-refractivity contribution < 1.29 is 18.3 Å². The highest BCUT2D eigenvalue weighted by atomic mass is 32.2. The average molecular weight is 323 g/mol. The number of fused-ring (bicyclic) bond motifs is 1. The summed E-state index contributed by atoms with van der Waals surface area (Å²) >= 11 is 0. The minimum atomic E-state index is -3.33. The van der Waals surface area contributed by atoms with Gasteiger partial charge in [0, 0.05) is 13.1 Å². The van der Waals surface area contributed by atoms with Crippen LogP contribution in [0, 0.1) is 11.8 Å². The summed E-state index contributed by atoms with van der Waals surface area (Å²) in [4.78, 5) is 10.9. The Morgan fingerprint density at radius 1 is 1.23 bits per heavy atom. The van der Waals surface area contributed by atoms with Gasteiger partial charge >= 0.3 is 5.97 Å². The molecule has 0 radical (unpaired) electrons. The maximum Gasteiger partial charge on any atom is 0.307 e. The van der Waals surface area contributed by atoms with Crippen LogP contribution in [0.3, 0.4) is 0 Å². The molecule has 120 valence electrons. The van der Waals surface area contributed by atoms with Crippen LogP contribution < -0.4 is 0 Å². The molecule has 1 aliphatic carbocycles. The average Bonchev–Trinajstić information content (AvgIpc) is 3.12. The number of aliphatic carboxylic acids is 1. The van der Waals surface area contributed by atoms with Crippen molar-refractivity contribution in [3.63, 3.8) is 0 Å². The minimum absolute atomic E-state index is 0.123. The molecule has 1 unspecified atom stereocenters. The van der Waals surface area contributed by atoms with Crippen molar-refractivity contribution in [3.05, 3.63) is 35.4 Å². The second kappa shape index (κ2) is 6.01. The van der Waals surface area contributed by atoms with Crippen LogP contribution in [0.1, 0.15) is 24.0 Å². The standard InChI is InChI=1S/C16H21NO4S/c18-16(19)15-5-7-17(11-15)22(20,21)8-6-12-9-13-3-1-2-4-14(13)10-12/h1-4,12,15H,5-11H2,(H,18,19). The summed E-state index contributed by atoms with van der Waals surface area (Å²) in [6, 6.07) is 8.27. The van der Waals surface area contributed by atoms with E-state index >= 15 is 0 Å². The van der Waals surface area contributed by atoms with Gasteiger partial charge in [-0.25, -0.2) is 12.7 Å². The van der Waals surface area contributed by atoms with Crippen molar-refractivity contribution in [3.8, 4) is 0 Å². The highest BCUT2D eigenvalue weighted by molar-refractivity contribution is 7.89. The molecule has 6 heteroatoms. The van der Waals surface area contributed by atoms with Crippen LogP contribution in [0.2, 0.25) is 0 Å². The Hall–Kier alpha value is -1.40. The fourth-order valence-corrected chi connectivity index (χ4v) is 5.16. The molecular weight excluding hydrogens is 302 g/mol. The summed E-state index contributed by atoms with van der Waals surface area (Å²) in [5.41, 5.74) is 2.66. The number of carboxylic acids is 1. The first kappa shape index (κ1) is 15.5. The Balaban J connectivity index is 1.55. The Morgan fingerprint density at radius 3 is 2.41 bits per heavy atom. The van der Waals surface area contributed by atoms with E-state index in [9.17, 15) is 13.2 Å². The smallest absolute Gasteiger partial charge is 0.307 e. The molecule has 0 aromatic heterocycles. The van der Waals surface area contributed by atoms with E-state index in [0.29, 0.717) is 25.3 Å². The highest BCUT2D eigenvalue weighted by Crippen LogP contribution is 2.29. The van der Waals surface area contributed by atoms with Gasteiger partial charge in [-0.15, -0.1) is 0 Å². The third-order valence-electron chi connectivity index (χ3n) is 4.81. The zero-order valence-electron chi connectivity index (χ0n) is 12.4. The summed E-state index contributed by atoms with van der Waals surface area (Å²) in [5.74, 6) is -0.947. The van der Waals surface area contributed by atoms with Crippen molar-refractivity contribution in [1.29, 1.82) is 0 Å². The van der Waals surface area contributed by atoms with Crippen LogP contribution in [-0.2, 0) is 27.7 Å². The third-order valence-corrected chi connectivity index (χ3v) is 6.68. The summed E-state index contributed by atoms with van der Waals surface area (Å²) in [6.07, 6.45) is 2.96. The molecular formula is C16H21NO4S. The zero-order valence-corrected chi connectivity index (χ0v) is 13.3. The maximum atomic E-state index is 12.4. The first-order chi connectivity index (χ1) is 10.5. The number of hydrogen-bond acceptors (Lipinski definition) is 3. The number of carbonyl (C=O) groups is 1. The number of benzene rings is 1. The van der Waals surface area contributed by atoms with Crippen LogP contribution in [0.25, 0.3) is 0 Å². The lowest BCUT2D eigenvalue weighted by Gasteiger charge is -2.17. The van der Waals surface area contributed by atoms with E-state index in [4.69, 9.17) is 5.11 Å². The topological polar surface area (TPSA) is 74.7 Å². The zero-order chi connectivity index (χ0) is 15.7. The van der Waals surface area contributed by atoms with Gasteiger partial charge in [-0.2, -0.15) is 0 Å². The molecule has 0 bridgehead atoms. The molecule has 1 aliphatic heterocycles. The molecule has 1 saturated heterocycles. The molecule has 0 amide bonds. The normalized spacial score (nSPS) is 22.8. The summed E-state index contributed by atoms with van der Waals surface area (Å²) in [5, 5.41) is 8.98. The molecule has 1 heterocycles. The fraction of sp³-hybridized carbons (Fsp3) is 0.562. The first-order valence-electron chi connectivity index (χ1n) is 7.73. The fourth-order valence-electron chi connectivity index (χ4n) is 3.48. The number of carboxylic acid groups (broad SMARTS) is 1. The largest absolute Gasteiger partial charge is 0.481 e. The predicted octanol–water partition coefficient (Wildman–Crippen LogP) is 1.53. The van der Waals surface area contributed by atoms with Gasteiger partial charge < -0.3 is 5.11 Å². The molecule has 1 aromatic carbocycles. The van der Waals surface area contributed by atoms with Crippen molar-refractivity contribution in [2.24, 2.45) is 11.8 Å². The van der Waals surface area contributed by atoms with Gasteiger partial charge in [-0.1, -0.05) is 24.3 Å². The van der Waals surface area contributed by atoms with Crippen LogP contribution in [0.4, 0.5) is 0 Å². The van der Waals surface area contributed by atoms with Crippen LogP contribution in [0.15, 0.2) is 24.3 Å². The Kier molecular flexibility index (Phi) is 4.23. The molecule has 1 atom stereocenters. The molecule has 2 aliphatic rings. The van der Waals surface area contributed by atoms with E-state index in [0.717, 1.165) is 12.8 Å². The summed E-state index contributed by atoms with van der Waals surface area (Å²) < 4.78 is 26.1. The molecule has 3 rings (SSSR count). The Bertz CT molecular complexity index is 645. The Labute approximate surface area is 131 Å². The van der Waals surface area contributed by atoms with Gasteiger partial charge in [0.15, 0.2) is 0 Å². The van der Waals surface area contributed by atoms with E-state index in [1.807, 2.05) is 12.1 Å². The van der Waals surface area contributed by atoms with E-state index in [-0.39, 0.29) is 12.3 Å². The lowest BCUT2D eigenvalue weighted by molar-refractivity contribution is -0.141. The van der Waals surface area contributed by atoms with Crippen molar-refractivity contribution in [2.45, 2.75) is 25.7 Å². The highest BCUT2D eigenvalue weighted by Gasteiger charge is 2.35. The van der Waals surface area contributed by atoms with E-state index < -0.39 is 21.9 Å². The molecule has 1 aromatic rings. The van der Waals surface area contributed by atoms with Gasteiger partial charge in [0.2, 0.25) is 10.0 Å². The van der Waals surface area contributed by atoms with E-state index in [1.54, 1.807) is 0 Å². The van der Waals surface area contributed by atoms with Gasteiger partial charge in [0.1, 0.15) is 0 Å². The van der Waals surface area contributed by atoms with Crippen molar-refractivity contribution in [2.75, 3.05) is 18.8 Å². The van der Waals surface area contributed by atoms with E-state index in [2.05, 4.69) is 12.1 Å². The van der Waals surface area contributed by atoms with Crippen molar-refractivity contribution in [1.82, 2.24) is 4.31 Å². The van der Waals surface area contributed by atoms with Crippen LogP contribution in [0.5, 0.6) is 0 Å². The second-order valence-corrected chi connectivity index (χ2v) is 8.42. The lowest BCUT2D eigenvalue weighted by Crippen LogP contribution is -2.32. The summed E-state index contributed by atoms with van der Waals surface area (Å²) in [6.45, 7) is 0.465. The SMILES string of the molecule is O=C(O)C1CCN(S(=O)(=O)CCC2Cc3ccccc3C2)C1. The first-order valence-corrected chi connectivity index (χ1v) is 9.34. The number of nitrogens with zero attached hydrogens (tertiary/aromatic N) is 1. The van der Waals surface area contributed by atoms with Crippen LogP contribution >= 0.6 is 0 Å². The quantitative estimate of drug-likeness (QED) is 0.892.